The van der Waals surface area contributed by atoms with Crippen LogP contribution in [0.2, 0.25) is 0 Å². The molecule has 0 amide bonds. The van der Waals surface area contributed by atoms with Crippen molar-refractivity contribution in [2.24, 2.45) is 0 Å². The molecule has 0 radical (unpaired) electrons. The average molecular weight is 470 g/mol. The summed E-state index contributed by atoms with van der Waals surface area (Å²) in [5.41, 5.74) is 6.47. The molecule has 1 N–H and O–H groups in total. The highest BCUT2D eigenvalue weighted by Gasteiger charge is 2.42. The molecular formula is C27H27N5OS. The maximum Gasteiger partial charge on any atom is 0.174 e. The Labute approximate surface area is 205 Å². The van der Waals surface area contributed by atoms with Gasteiger partial charge in [-0.1, -0.05) is 18.2 Å². The number of hydrogen-bond acceptors (Lipinski definition) is 4. The van der Waals surface area contributed by atoms with Crippen molar-refractivity contribution in [1.29, 1.82) is 0 Å². The normalized spacial score (nSPS) is 17.6. The van der Waals surface area contributed by atoms with Gasteiger partial charge in [-0.2, -0.15) is 0 Å². The Hall–Kier alpha value is -3.71. The molecule has 1 fully saturated rings. The van der Waals surface area contributed by atoms with Crippen molar-refractivity contribution < 1.29 is 4.74 Å². The number of aryl methyl sites for hydroxylation is 2. The summed E-state index contributed by atoms with van der Waals surface area (Å²) in [4.78, 5) is 11.5. The predicted octanol–water partition coefficient (Wildman–Crippen LogP) is 5.38. The summed E-state index contributed by atoms with van der Waals surface area (Å²) in [7, 11) is 1.68. The molecule has 1 aliphatic heterocycles. The summed E-state index contributed by atoms with van der Waals surface area (Å²) < 4.78 is 7.73. The van der Waals surface area contributed by atoms with Gasteiger partial charge in [-0.05, 0) is 80.5 Å². The Morgan fingerprint density at radius 3 is 2.50 bits per heavy atom. The van der Waals surface area contributed by atoms with Crippen molar-refractivity contribution in [1.82, 2.24) is 19.9 Å². The van der Waals surface area contributed by atoms with Crippen LogP contribution in [0.3, 0.4) is 0 Å². The van der Waals surface area contributed by atoms with Gasteiger partial charge in [-0.3, -0.25) is 4.98 Å². The molecule has 172 valence electrons. The molecule has 0 unspecified atom stereocenters. The molecule has 4 heterocycles. The van der Waals surface area contributed by atoms with Crippen molar-refractivity contribution in [3.8, 4) is 11.6 Å². The third-order valence-electron chi connectivity index (χ3n) is 6.41. The molecule has 0 bridgehead atoms. The highest BCUT2D eigenvalue weighted by molar-refractivity contribution is 7.80. The summed E-state index contributed by atoms with van der Waals surface area (Å²) in [5.74, 6) is 1.73. The number of anilines is 1. The zero-order valence-electron chi connectivity index (χ0n) is 19.7. The lowest BCUT2D eigenvalue weighted by Gasteiger charge is -2.28. The van der Waals surface area contributed by atoms with Crippen LogP contribution in [0.15, 0.2) is 73.1 Å². The molecule has 34 heavy (non-hydrogen) atoms. The van der Waals surface area contributed by atoms with E-state index < -0.39 is 0 Å². The second kappa shape index (κ2) is 8.91. The first-order valence-corrected chi connectivity index (χ1v) is 11.7. The van der Waals surface area contributed by atoms with Crippen LogP contribution in [0.4, 0.5) is 5.69 Å². The second-order valence-corrected chi connectivity index (χ2v) is 8.89. The topological polar surface area (TPSA) is 55.2 Å². The number of methoxy groups -OCH3 is 1. The number of ether oxygens (including phenoxy) is 1. The smallest absolute Gasteiger partial charge is 0.174 e. The largest absolute Gasteiger partial charge is 0.497 e. The number of nitrogens with zero attached hydrogens (tertiary/aromatic N) is 4. The molecule has 2 atom stereocenters. The van der Waals surface area contributed by atoms with E-state index in [1.165, 1.54) is 5.56 Å². The molecule has 1 aromatic carbocycles. The second-order valence-electron chi connectivity index (χ2n) is 8.50. The van der Waals surface area contributed by atoms with Crippen LogP contribution in [-0.4, -0.2) is 26.8 Å². The van der Waals surface area contributed by atoms with E-state index in [2.05, 4.69) is 63.7 Å². The zero-order chi connectivity index (χ0) is 23.8. The van der Waals surface area contributed by atoms with E-state index in [4.69, 9.17) is 17.0 Å². The van der Waals surface area contributed by atoms with Gasteiger partial charge in [-0.25, -0.2) is 4.98 Å². The lowest BCUT2D eigenvalue weighted by molar-refractivity contribution is 0.415. The van der Waals surface area contributed by atoms with Gasteiger partial charge in [0.05, 0.1) is 24.9 Å². The van der Waals surface area contributed by atoms with Crippen LogP contribution < -0.4 is 15.0 Å². The van der Waals surface area contributed by atoms with Crippen molar-refractivity contribution in [3.63, 3.8) is 0 Å². The van der Waals surface area contributed by atoms with E-state index in [0.29, 0.717) is 5.11 Å². The maximum absolute atomic E-state index is 5.88. The molecule has 6 nitrogen and oxygen atoms in total. The minimum absolute atomic E-state index is 0.0986. The van der Waals surface area contributed by atoms with Gasteiger partial charge >= 0.3 is 0 Å². The Balaban J connectivity index is 1.70. The van der Waals surface area contributed by atoms with E-state index in [0.717, 1.165) is 39.9 Å². The summed E-state index contributed by atoms with van der Waals surface area (Å²) in [6.07, 6.45) is 3.66. The number of benzene rings is 1. The number of pyridine rings is 2. The molecule has 1 aliphatic rings. The van der Waals surface area contributed by atoms with Crippen molar-refractivity contribution in [2.45, 2.75) is 32.9 Å². The lowest BCUT2D eigenvalue weighted by Crippen LogP contribution is -2.29. The zero-order valence-corrected chi connectivity index (χ0v) is 20.5. The van der Waals surface area contributed by atoms with Gasteiger partial charge in [0.15, 0.2) is 5.11 Å². The van der Waals surface area contributed by atoms with Crippen LogP contribution in [0, 0.1) is 20.8 Å². The minimum atomic E-state index is -0.112. The Morgan fingerprint density at radius 1 is 0.941 bits per heavy atom. The van der Waals surface area contributed by atoms with E-state index in [9.17, 15) is 0 Å². The number of nitrogens with one attached hydrogen (secondary N) is 1. The minimum Gasteiger partial charge on any atom is -0.497 e. The van der Waals surface area contributed by atoms with E-state index in [1.54, 1.807) is 7.11 Å². The van der Waals surface area contributed by atoms with Gasteiger partial charge in [0.1, 0.15) is 11.6 Å². The van der Waals surface area contributed by atoms with Crippen molar-refractivity contribution in [2.75, 3.05) is 12.0 Å². The SMILES string of the molecule is COc1cccc(N2C(=S)N[C@H](c3ccccn3)[C@H]2c2cc(C)n(-c3ncccc3C)c2C)c1. The summed E-state index contributed by atoms with van der Waals surface area (Å²) >= 11 is 5.88. The van der Waals surface area contributed by atoms with Gasteiger partial charge < -0.3 is 19.5 Å². The lowest BCUT2D eigenvalue weighted by atomic mass is 9.96. The summed E-state index contributed by atoms with van der Waals surface area (Å²) in [5, 5.41) is 4.20. The van der Waals surface area contributed by atoms with Crippen LogP contribution in [0.25, 0.3) is 5.82 Å². The summed E-state index contributed by atoms with van der Waals surface area (Å²) in [6.45, 7) is 6.36. The van der Waals surface area contributed by atoms with Gasteiger partial charge in [-0.15, -0.1) is 0 Å². The Bertz CT molecular complexity index is 1350. The summed E-state index contributed by atoms with van der Waals surface area (Å²) in [6, 6.07) is 20.1. The van der Waals surface area contributed by atoms with Crippen LogP contribution in [0.1, 0.15) is 40.3 Å². The van der Waals surface area contributed by atoms with E-state index in [-0.39, 0.29) is 12.1 Å². The average Bonchev–Trinajstić information content (AvgIpc) is 3.35. The van der Waals surface area contributed by atoms with Gasteiger partial charge in [0, 0.05) is 35.5 Å². The fourth-order valence-electron chi connectivity index (χ4n) is 4.83. The molecule has 4 aromatic rings. The fourth-order valence-corrected chi connectivity index (χ4v) is 5.18. The highest BCUT2D eigenvalue weighted by atomic mass is 32.1. The van der Waals surface area contributed by atoms with E-state index in [1.807, 2.05) is 54.9 Å². The van der Waals surface area contributed by atoms with E-state index >= 15 is 0 Å². The van der Waals surface area contributed by atoms with Crippen LogP contribution in [0.5, 0.6) is 5.75 Å². The molecule has 7 heteroatoms. The Morgan fingerprint density at radius 2 is 1.76 bits per heavy atom. The number of thiocarbonyl (C=S) groups is 1. The van der Waals surface area contributed by atoms with Crippen molar-refractivity contribution >= 4 is 23.0 Å². The first-order valence-electron chi connectivity index (χ1n) is 11.2. The number of aromatic nitrogens is 3. The molecule has 0 aliphatic carbocycles. The monoisotopic (exact) mass is 469 g/mol. The van der Waals surface area contributed by atoms with Gasteiger partial charge in [0.2, 0.25) is 0 Å². The quantitative estimate of drug-likeness (QED) is 0.396. The van der Waals surface area contributed by atoms with Gasteiger partial charge in [0.25, 0.3) is 0 Å². The molecule has 3 aromatic heterocycles. The molecule has 5 rings (SSSR count). The molecule has 0 saturated carbocycles. The predicted molar refractivity (Wildman–Crippen MR) is 139 cm³/mol. The van der Waals surface area contributed by atoms with Crippen LogP contribution >= 0.6 is 12.2 Å². The Kier molecular flexibility index (Phi) is 5.79. The first kappa shape index (κ1) is 22.1. The maximum atomic E-state index is 5.88. The first-order chi connectivity index (χ1) is 16.5. The third-order valence-corrected chi connectivity index (χ3v) is 6.73. The van der Waals surface area contributed by atoms with Crippen molar-refractivity contribution in [3.05, 3.63) is 101 Å². The van der Waals surface area contributed by atoms with Crippen LogP contribution in [-0.2, 0) is 0 Å². The third kappa shape index (κ3) is 3.72. The fraction of sp³-hybridized carbons (Fsp3) is 0.222. The highest BCUT2D eigenvalue weighted by Crippen LogP contribution is 2.44. The number of hydrogen-bond donors (Lipinski definition) is 1. The molecule has 0 spiro atoms. The standard InChI is InChI=1S/C27H27N5OS/c1-17-9-8-14-29-26(17)31-18(2)15-22(19(31)3)25-24(23-12-5-6-13-28-23)30-27(34)32(25)20-10-7-11-21(16-20)33-4/h5-16,24-25H,1-4H3,(H,30,34)/t24-,25-/m1/s1. The molecule has 1 saturated heterocycles. The number of rotatable bonds is 5. The molecular weight excluding hydrogens is 442 g/mol.